The van der Waals surface area contributed by atoms with E-state index >= 15 is 0 Å². The molecule has 1 amide bonds. The quantitative estimate of drug-likeness (QED) is 0.792. The second-order valence-electron chi connectivity index (χ2n) is 4.44. The molecule has 1 fully saturated rings. The normalized spacial score (nSPS) is 17.8. The van der Waals surface area contributed by atoms with Gasteiger partial charge in [-0.2, -0.15) is 5.10 Å². The number of aryl methyl sites for hydroxylation is 1. The molecule has 0 aliphatic carbocycles. The molecule has 1 aromatic rings. The fourth-order valence-corrected chi connectivity index (χ4v) is 2.53. The number of aromatic nitrogens is 2. The summed E-state index contributed by atoms with van der Waals surface area (Å²) in [4.78, 5) is 14.2. The third-order valence-corrected chi connectivity index (χ3v) is 3.75. The number of likely N-dealkylation sites (tertiary alicyclic amines) is 1. The van der Waals surface area contributed by atoms with Crippen molar-refractivity contribution in [2.45, 2.75) is 19.8 Å². The topological polar surface area (TPSA) is 38.1 Å². The molecule has 1 aliphatic rings. The number of rotatable bonds is 1. The molecule has 0 saturated carbocycles. The molecule has 0 radical (unpaired) electrons. The minimum absolute atomic E-state index is 0.0822. The molecule has 1 aliphatic heterocycles. The highest BCUT2D eigenvalue weighted by Crippen LogP contribution is 2.21. The number of hydrogen-bond donors (Lipinski definition) is 0. The van der Waals surface area contributed by atoms with Crippen molar-refractivity contribution in [2.24, 2.45) is 13.0 Å². The van der Waals surface area contributed by atoms with E-state index in [0.717, 1.165) is 36.3 Å². The van der Waals surface area contributed by atoms with Gasteiger partial charge in [-0.05, 0) is 34.7 Å². The maximum atomic E-state index is 12.2. The Hall–Kier alpha value is -0.840. The van der Waals surface area contributed by atoms with Crippen molar-refractivity contribution in [3.63, 3.8) is 0 Å². The Labute approximate surface area is 104 Å². The van der Waals surface area contributed by atoms with Crippen LogP contribution in [0.1, 0.15) is 30.3 Å². The minimum atomic E-state index is 0.0822. The van der Waals surface area contributed by atoms with Crippen LogP contribution in [0.25, 0.3) is 0 Å². The van der Waals surface area contributed by atoms with Gasteiger partial charge in [0.2, 0.25) is 0 Å². The molecule has 88 valence electrons. The second kappa shape index (κ2) is 4.57. The van der Waals surface area contributed by atoms with E-state index in [4.69, 9.17) is 0 Å². The summed E-state index contributed by atoms with van der Waals surface area (Å²) in [7, 11) is 1.80. The van der Waals surface area contributed by atoms with Gasteiger partial charge in [0.05, 0.1) is 10.7 Å². The Morgan fingerprint density at radius 3 is 2.62 bits per heavy atom. The summed E-state index contributed by atoms with van der Waals surface area (Å²) >= 11 is 3.37. The Bertz CT molecular complexity index is 374. The Balaban J connectivity index is 2.14. The van der Waals surface area contributed by atoms with Crippen LogP contribution in [0.2, 0.25) is 0 Å². The van der Waals surface area contributed by atoms with E-state index in [1.165, 1.54) is 0 Å². The molecular formula is C11H16BrN3O. The molecule has 1 aromatic heterocycles. The number of hydrogen-bond acceptors (Lipinski definition) is 2. The van der Waals surface area contributed by atoms with Crippen LogP contribution in [0.4, 0.5) is 0 Å². The van der Waals surface area contributed by atoms with Gasteiger partial charge >= 0.3 is 0 Å². The Morgan fingerprint density at radius 1 is 1.50 bits per heavy atom. The summed E-state index contributed by atoms with van der Waals surface area (Å²) in [6.45, 7) is 3.96. The number of nitrogens with zero attached hydrogens (tertiary/aromatic N) is 3. The molecule has 5 heteroatoms. The highest BCUT2D eigenvalue weighted by Gasteiger charge is 2.25. The van der Waals surface area contributed by atoms with Gasteiger partial charge in [-0.1, -0.05) is 6.92 Å². The molecule has 0 atom stereocenters. The van der Waals surface area contributed by atoms with Crippen molar-refractivity contribution in [3.05, 3.63) is 16.4 Å². The standard InChI is InChI=1S/C11H16BrN3O/c1-8-3-5-15(6-4-8)11(16)10-9(12)7-13-14(10)2/h7-8H,3-6H2,1-2H3. The number of halogens is 1. The maximum Gasteiger partial charge on any atom is 0.273 e. The van der Waals surface area contributed by atoms with Crippen molar-refractivity contribution in [1.82, 2.24) is 14.7 Å². The lowest BCUT2D eigenvalue weighted by atomic mass is 9.99. The van der Waals surface area contributed by atoms with Crippen molar-refractivity contribution >= 4 is 21.8 Å². The average Bonchev–Trinajstić information content (AvgIpc) is 2.59. The third kappa shape index (κ3) is 2.14. The van der Waals surface area contributed by atoms with Gasteiger partial charge in [0, 0.05) is 20.1 Å². The zero-order valence-electron chi connectivity index (χ0n) is 9.61. The molecule has 4 nitrogen and oxygen atoms in total. The summed E-state index contributed by atoms with van der Waals surface area (Å²) in [5.74, 6) is 0.817. The number of piperidine rings is 1. The molecule has 0 spiro atoms. The van der Waals surface area contributed by atoms with Crippen LogP contribution in [-0.4, -0.2) is 33.7 Å². The fraction of sp³-hybridized carbons (Fsp3) is 0.636. The molecule has 2 heterocycles. The summed E-state index contributed by atoms with van der Waals surface area (Å²) in [6, 6.07) is 0. The lowest BCUT2D eigenvalue weighted by Crippen LogP contribution is -2.38. The van der Waals surface area contributed by atoms with Crippen molar-refractivity contribution in [2.75, 3.05) is 13.1 Å². The fourth-order valence-electron chi connectivity index (χ4n) is 2.01. The molecule has 1 saturated heterocycles. The van der Waals surface area contributed by atoms with Gasteiger partial charge in [-0.3, -0.25) is 9.48 Å². The van der Waals surface area contributed by atoms with Gasteiger partial charge in [-0.25, -0.2) is 0 Å². The van der Waals surface area contributed by atoms with E-state index in [9.17, 15) is 4.79 Å². The minimum Gasteiger partial charge on any atom is -0.337 e. The predicted molar refractivity (Wildman–Crippen MR) is 65.2 cm³/mol. The van der Waals surface area contributed by atoms with Crippen molar-refractivity contribution in [3.8, 4) is 0 Å². The maximum absolute atomic E-state index is 12.2. The van der Waals surface area contributed by atoms with Gasteiger partial charge in [-0.15, -0.1) is 0 Å². The number of carbonyl (C=O) groups excluding carboxylic acids is 1. The van der Waals surface area contributed by atoms with Crippen LogP contribution in [0.5, 0.6) is 0 Å². The van der Waals surface area contributed by atoms with E-state index in [1.54, 1.807) is 17.9 Å². The predicted octanol–water partition coefficient (Wildman–Crippen LogP) is 2.05. The first-order valence-corrected chi connectivity index (χ1v) is 6.35. The average molecular weight is 286 g/mol. The summed E-state index contributed by atoms with van der Waals surface area (Å²) in [5.41, 5.74) is 0.648. The summed E-state index contributed by atoms with van der Waals surface area (Å²) in [6.07, 6.45) is 3.86. The molecule has 0 aromatic carbocycles. The lowest BCUT2D eigenvalue weighted by Gasteiger charge is -2.30. The summed E-state index contributed by atoms with van der Waals surface area (Å²) in [5, 5.41) is 4.07. The first kappa shape index (κ1) is 11.6. The summed E-state index contributed by atoms with van der Waals surface area (Å²) < 4.78 is 2.41. The van der Waals surface area contributed by atoms with Crippen LogP contribution in [-0.2, 0) is 7.05 Å². The third-order valence-electron chi connectivity index (χ3n) is 3.17. The highest BCUT2D eigenvalue weighted by molar-refractivity contribution is 9.10. The van der Waals surface area contributed by atoms with Gasteiger partial charge in [0.1, 0.15) is 5.69 Å². The van der Waals surface area contributed by atoms with Crippen LogP contribution in [0.3, 0.4) is 0 Å². The van der Waals surface area contributed by atoms with E-state index in [0.29, 0.717) is 5.69 Å². The van der Waals surface area contributed by atoms with E-state index in [2.05, 4.69) is 28.0 Å². The second-order valence-corrected chi connectivity index (χ2v) is 5.29. The zero-order chi connectivity index (χ0) is 11.7. The van der Waals surface area contributed by atoms with Gasteiger partial charge in [0.25, 0.3) is 5.91 Å². The van der Waals surface area contributed by atoms with Crippen LogP contribution >= 0.6 is 15.9 Å². The molecule has 0 N–H and O–H groups in total. The SMILES string of the molecule is CC1CCN(C(=O)c2c(Br)cnn2C)CC1. The smallest absolute Gasteiger partial charge is 0.273 e. The highest BCUT2D eigenvalue weighted by atomic mass is 79.9. The largest absolute Gasteiger partial charge is 0.337 e. The van der Waals surface area contributed by atoms with Crippen molar-refractivity contribution < 1.29 is 4.79 Å². The molecule has 16 heavy (non-hydrogen) atoms. The molecule has 0 bridgehead atoms. The lowest BCUT2D eigenvalue weighted by molar-refractivity contribution is 0.0685. The van der Waals surface area contributed by atoms with Gasteiger partial charge < -0.3 is 4.90 Å². The van der Waals surface area contributed by atoms with E-state index in [-0.39, 0.29) is 5.91 Å². The number of carbonyl (C=O) groups is 1. The Kier molecular flexibility index (Phi) is 3.33. The van der Waals surface area contributed by atoms with Crippen molar-refractivity contribution in [1.29, 1.82) is 0 Å². The van der Waals surface area contributed by atoms with E-state index in [1.807, 2.05) is 4.90 Å². The number of amides is 1. The first-order valence-electron chi connectivity index (χ1n) is 5.56. The van der Waals surface area contributed by atoms with Crippen LogP contribution in [0, 0.1) is 5.92 Å². The van der Waals surface area contributed by atoms with Crippen LogP contribution < -0.4 is 0 Å². The zero-order valence-corrected chi connectivity index (χ0v) is 11.2. The molecule has 0 unspecified atom stereocenters. The Morgan fingerprint density at radius 2 is 2.12 bits per heavy atom. The monoisotopic (exact) mass is 285 g/mol. The first-order chi connectivity index (χ1) is 7.59. The molecular weight excluding hydrogens is 270 g/mol. The van der Waals surface area contributed by atoms with Gasteiger partial charge in [0.15, 0.2) is 0 Å². The molecule has 2 rings (SSSR count). The van der Waals surface area contributed by atoms with Crippen LogP contribution in [0.15, 0.2) is 10.7 Å². The van der Waals surface area contributed by atoms with E-state index < -0.39 is 0 Å².